The molecule has 0 spiro atoms. The quantitative estimate of drug-likeness (QED) is 0.385. The summed E-state index contributed by atoms with van der Waals surface area (Å²) in [4.78, 5) is 22.2. The number of pyridine rings is 1. The number of benzene rings is 1. The maximum atomic E-state index is 13.3. The van der Waals surface area contributed by atoms with E-state index in [2.05, 4.69) is 30.6 Å². The van der Waals surface area contributed by atoms with Gasteiger partial charge in [0.1, 0.15) is 19.4 Å². The van der Waals surface area contributed by atoms with Crippen LogP contribution < -0.4 is 20.1 Å². The summed E-state index contributed by atoms with van der Waals surface area (Å²) in [5.41, 5.74) is 3.62. The highest BCUT2D eigenvalue weighted by Gasteiger charge is 2.31. The Morgan fingerprint density at radius 1 is 1.03 bits per heavy atom. The molecule has 5 heterocycles. The van der Waals surface area contributed by atoms with Crippen LogP contribution in [-0.2, 0) is 20.6 Å². The van der Waals surface area contributed by atoms with Gasteiger partial charge in [-0.1, -0.05) is 44.4 Å². The lowest BCUT2D eigenvalue weighted by Gasteiger charge is -2.06. The second kappa shape index (κ2) is 7.66. The molecule has 0 atom stereocenters. The molecular weight excluding hydrogens is 432 g/mol. The third kappa shape index (κ3) is 3.22. The van der Waals surface area contributed by atoms with Crippen LogP contribution in [0.5, 0.6) is 0 Å². The lowest BCUT2D eigenvalue weighted by Crippen LogP contribution is -2.67. The Labute approximate surface area is 193 Å². The third-order valence-corrected chi connectivity index (χ3v) is 5.77. The molecular formula is C23H20N10O+2. The van der Waals surface area contributed by atoms with E-state index >= 15 is 0 Å². The highest BCUT2D eigenvalue weighted by Crippen LogP contribution is 2.22. The minimum atomic E-state index is -0.177. The molecule has 11 nitrogen and oxygen atoms in total. The second-order valence-electron chi connectivity index (χ2n) is 7.94. The number of nitrogens with one attached hydrogen (secondary N) is 1. The number of anilines is 2. The molecule has 11 heteroatoms. The number of rotatable bonds is 5. The minimum Gasteiger partial charge on any atom is -0.309 e. The van der Waals surface area contributed by atoms with Crippen molar-refractivity contribution in [3.05, 3.63) is 83.0 Å². The van der Waals surface area contributed by atoms with E-state index in [1.165, 1.54) is 0 Å². The number of nitrogens with zero attached hydrogens (tertiary/aromatic N) is 9. The first-order valence-electron chi connectivity index (χ1n) is 10.7. The van der Waals surface area contributed by atoms with Gasteiger partial charge in [0.05, 0.1) is 18.0 Å². The van der Waals surface area contributed by atoms with Gasteiger partial charge in [-0.2, -0.15) is 9.89 Å². The molecule has 34 heavy (non-hydrogen) atoms. The van der Waals surface area contributed by atoms with Crippen LogP contribution in [0, 0.1) is 0 Å². The molecule has 1 N–H and O–H groups in total. The lowest BCUT2D eigenvalue weighted by molar-refractivity contribution is -0.815. The molecule has 0 saturated heterocycles. The second-order valence-corrected chi connectivity index (χ2v) is 7.94. The van der Waals surface area contributed by atoms with Crippen molar-refractivity contribution in [2.45, 2.75) is 6.54 Å². The summed E-state index contributed by atoms with van der Waals surface area (Å²) in [6.07, 6.45) is 3.38. The van der Waals surface area contributed by atoms with E-state index < -0.39 is 0 Å². The van der Waals surface area contributed by atoms with E-state index in [-0.39, 0.29) is 5.69 Å². The van der Waals surface area contributed by atoms with Crippen LogP contribution >= 0.6 is 0 Å². The summed E-state index contributed by atoms with van der Waals surface area (Å²) in [5.74, 6) is 1.70. The van der Waals surface area contributed by atoms with Gasteiger partial charge in [-0.3, -0.25) is 4.68 Å². The first-order chi connectivity index (χ1) is 16.6. The van der Waals surface area contributed by atoms with E-state index in [9.17, 15) is 4.79 Å². The fraction of sp³-hybridized carbons (Fsp3) is 0.130. The highest BCUT2D eigenvalue weighted by atomic mass is 16.1. The van der Waals surface area contributed by atoms with E-state index in [1.54, 1.807) is 33.3 Å². The summed E-state index contributed by atoms with van der Waals surface area (Å²) < 4.78 is 6.81. The van der Waals surface area contributed by atoms with Crippen LogP contribution in [0.3, 0.4) is 0 Å². The molecule has 0 radical (unpaired) electrons. The van der Waals surface area contributed by atoms with Gasteiger partial charge < -0.3 is 5.32 Å². The van der Waals surface area contributed by atoms with Crippen molar-refractivity contribution in [2.75, 3.05) is 5.32 Å². The fourth-order valence-electron chi connectivity index (χ4n) is 4.01. The van der Waals surface area contributed by atoms with E-state index in [0.717, 1.165) is 16.9 Å². The zero-order valence-corrected chi connectivity index (χ0v) is 18.5. The van der Waals surface area contributed by atoms with E-state index in [0.29, 0.717) is 35.3 Å². The van der Waals surface area contributed by atoms with Gasteiger partial charge in [-0.05, 0) is 11.2 Å². The van der Waals surface area contributed by atoms with Crippen LogP contribution in [0.4, 0.5) is 11.8 Å². The van der Waals surface area contributed by atoms with E-state index in [4.69, 9.17) is 0 Å². The number of hydrogen-bond acceptors (Lipinski definition) is 7. The summed E-state index contributed by atoms with van der Waals surface area (Å²) in [6.45, 7) is 0.404. The average molecular weight is 452 g/mol. The zero-order chi connectivity index (χ0) is 23.2. The summed E-state index contributed by atoms with van der Waals surface area (Å²) >= 11 is 0. The van der Waals surface area contributed by atoms with Crippen molar-refractivity contribution >= 4 is 28.8 Å². The highest BCUT2D eigenvalue weighted by molar-refractivity contribution is 5.71. The smallest absolute Gasteiger partial charge is 0.309 e. The molecule has 0 aliphatic rings. The van der Waals surface area contributed by atoms with Gasteiger partial charge in [0.2, 0.25) is 5.95 Å². The lowest BCUT2D eigenvalue weighted by atomic mass is 10.2. The fourth-order valence-corrected chi connectivity index (χ4v) is 4.01. The van der Waals surface area contributed by atoms with Crippen molar-refractivity contribution < 1.29 is 9.13 Å². The van der Waals surface area contributed by atoms with Crippen LogP contribution in [0.25, 0.3) is 28.3 Å². The number of aryl methyl sites for hydroxylation is 2. The van der Waals surface area contributed by atoms with Crippen molar-refractivity contribution in [3.8, 4) is 11.3 Å². The standard InChI is InChI=1S/C23H19N10O/c1-30-20-13-16(17-8-10-24-21(26-17)27-18-9-11-25-31(18)2)12-19-28-29-22(33(19)20)32(23(30)34)14-15-6-4-3-5-7-15/h3-13H,14H2,1-2H3/q+1/p+1. The first-order valence-corrected chi connectivity index (χ1v) is 10.7. The molecule has 0 aliphatic heterocycles. The molecule has 0 bridgehead atoms. The molecule has 6 rings (SSSR count). The van der Waals surface area contributed by atoms with Crippen LogP contribution in [0.15, 0.2) is 71.8 Å². The summed E-state index contributed by atoms with van der Waals surface area (Å²) in [6, 6.07) is 17.3. The molecule has 0 saturated carbocycles. The van der Waals surface area contributed by atoms with Gasteiger partial charge in [0.25, 0.3) is 5.65 Å². The monoisotopic (exact) mass is 452 g/mol. The Bertz CT molecular complexity index is 1710. The van der Waals surface area contributed by atoms with Crippen molar-refractivity contribution in [2.24, 2.45) is 14.1 Å². The first kappa shape index (κ1) is 19.9. The van der Waals surface area contributed by atoms with Crippen LogP contribution in [0.1, 0.15) is 5.56 Å². The number of hydrogen-bond donors (Lipinski definition) is 1. The van der Waals surface area contributed by atoms with Crippen molar-refractivity contribution in [1.29, 1.82) is 0 Å². The van der Waals surface area contributed by atoms with E-state index in [1.807, 2.05) is 66.0 Å². The predicted molar refractivity (Wildman–Crippen MR) is 122 cm³/mol. The summed E-state index contributed by atoms with van der Waals surface area (Å²) in [5, 5.41) is 16.0. The van der Waals surface area contributed by atoms with Crippen LogP contribution in [-0.4, -0.2) is 34.3 Å². The Morgan fingerprint density at radius 3 is 2.68 bits per heavy atom. The molecule has 1 aromatic carbocycles. The molecule has 0 unspecified atom stereocenters. The van der Waals surface area contributed by atoms with Gasteiger partial charge in [-0.25, -0.2) is 9.97 Å². The molecule has 0 fully saturated rings. The van der Waals surface area contributed by atoms with Gasteiger partial charge in [0.15, 0.2) is 0 Å². The molecule has 6 aromatic rings. The molecule has 0 aliphatic carbocycles. The molecule has 166 valence electrons. The third-order valence-electron chi connectivity index (χ3n) is 5.77. The summed E-state index contributed by atoms with van der Waals surface area (Å²) in [7, 11) is 3.58. The minimum absolute atomic E-state index is 0.177. The van der Waals surface area contributed by atoms with Gasteiger partial charge in [0, 0.05) is 36.5 Å². The van der Waals surface area contributed by atoms with Gasteiger partial charge >= 0.3 is 17.1 Å². The zero-order valence-electron chi connectivity index (χ0n) is 18.5. The van der Waals surface area contributed by atoms with Crippen molar-refractivity contribution in [1.82, 2.24) is 34.3 Å². The SMILES string of the molecule is Cn1nccc1Nc1nccc(-c2cc3nnc4n3c(c2)[n+](C)c(=O)[n+]4Cc2ccccc2)n1. The molecule has 5 aromatic heterocycles. The predicted octanol–water partition coefficient (Wildman–Crippen LogP) is 0.775. The van der Waals surface area contributed by atoms with Crippen LogP contribution in [0.2, 0.25) is 0 Å². The topological polar surface area (TPSA) is 111 Å². The largest absolute Gasteiger partial charge is 0.565 e. The Kier molecular flexibility index (Phi) is 4.47. The maximum absolute atomic E-state index is 13.3. The molecule has 0 amide bonds. The Hall–Kier alpha value is -4.80. The maximum Gasteiger partial charge on any atom is 0.565 e. The number of aromatic nitrogens is 9. The average Bonchev–Trinajstić information content (AvgIpc) is 3.47. The van der Waals surface area contributed by atoms with Gasteiger partial charge in [-0.15, -0.1) is 4.57 Å². The Morgan fingerprint density at radius 2 is 1.88 bits per heavy atom. The van der Waals surface area contributed by atoms with Crippen molar-refractivity contribution in [3.63, 3.8) is 0 Å². The Balaban J connectivity index is 1.46. The normalized spacial score (nSPS) is 11.5.